The number of rotatable bonds is 7. The van der Waals surface area contributed by atoms with Crippen LogP contribution in [0.25, 0.3) is 16.8 Å². The van der Waals surface area contributed by atoms with Gasteiger partial charge in [0.2, 0.25) is 0 Å². The molecule has 156 valence electrons. The average molecular weight is 409 g/mol. The van der Waals surface area contributed by atoms with Crippen LogP contribution >= 0.6 is 0 Å². The maximum atomic E-state index is 13.1. The van der Waals surface area contributed by atoms with Crippen LogP contribution in [0, 0.1) is 0 Å². The molecule has 0 aliphatic heterocycles. The zero-order chi connectivity index (χ0) is 21.3. The Kier molecular flexibility index (Phi) is 5.32. The summed E-state index contributed by atoms with van der Waals surface area (Å²) in [5.41, 5.74) is 2.29. The summed E-state index contributed by atoms with van der Waals surface area (Å²) in [5, 5.41) is 4.15. The largest absolute Gasteiger partial charge is 0.497 e. The first-order valence-electron chi connectivity index (χ1n) is 9.61. The van der Waals surface area contributed by atoms with Crippen molar-refractivity contribution in [1.82, 2.24) is 29.0 Å². The van der Waals surface area contributed by atoms with Crippen molar-refractivity contribution in [1.29, 1.82) is 0 Å². The number of hydrogen-bond acceptors (Lipinski definition) is 7. The molecule has 0 aliphatic rings. The fourth-order valence-corrected chi connectivity index (χ4v) is 3.22. The van der Waals surface area contributed by atoms with E-state index in [0.29, 0.717) is 23.4 Å². The Labute approximate surface area is 173 Å². The summed E-state index contributed by atoms with van der Waals surface area (Å²) in [6.07, 6.45) is 3.19. The van der Waals surface area contributed by atoms with Gasteiger partial charge in [0.1, 0.15) is 11.6 Å². The van der Waals surface area contributed by atoms with Crippen molar-refractivity contribution in [2.75, 3.05) is 46.2 Å². The van der Waals surface area contributed by atoms with E-state index in [0.717, 1.165) is 30.2 Å². The second kappa shape index (κ2) is 8.07. The number of hydrogen-bond donors (Lipinski definition) is 0. The van der Waals surface area contributed by atoms with E-state index in [4.69, 9.17) is 9.72 Å². The maximum absolute atomic E-state index is 13.1. The van der Waals surface area contributed by atoms with Gasteiger partial charge in [-0.1, -0.05) is 12.1 Å². The first-order chi connectivity index (χ1) is 14.5. The number of fused-ring (bicyclic) bond motifs is 3. The van der Waals surface area contributed by atoms with Crippen LogP contribution in [0.1, 0.15) is 5.56 Å². The van der Waals surface area contributed by atoms with E-state index in [2.05, 4.69) is 20.0 Å². The fourth-order valence-electron chi connectivity index (χ4n) is 3.22. The van der Waals surface area contributed by atoms with Crippen LogP contribution in [0.3, 0.4) is 0 Å². The first-order valence-corrected chi connectivity index (χ1v) is 9.61. The number of H-pyrrole nitrogens is 1. The van der Waals surface area contributed by atoms with E-state index in [9.17, 15) is 4.79 Å². The van der Waals surface area contributed by atoms with Crippen molar-refractivity contribution < 1.29 is 9.72 Å². The molecule has 30 heavy (non-hydrogen) atoms. The van der Waals surface area contributed by atoms with Crippen LogP contribution in [0.5, 0.6) is 5.75 Å². The fraction of sp³-hybridized carbons (Fsp3) is 0.350. The SMILES string of the molecule is COc1ccc(Cn2c(=O)n3nc[nH+]c3c3nc(N(C)CCN(C)C)cnc32)cc1. The Bertz CT molecular complexity index is 1230. The highest BCUT2D eigenvalue weighted by molar-refractivity contribution is 5.83. The lowest BCUT2D eigenvalue weighted by Crippen LogP contribution is -2.31. The summed E-state index contributed by atoms with van der Waals surface area (Å²) in [6, 6.07) is 7.58. The van der Waals surface area contributed by atoms with Gasteiger partial charge in [0, 0.05) is 25.2 Å². The average Bonchev–Trinajstić information content (AvgIpc) is 3.25. The second-order valence-electron chi connectivity index (χ2n) is 7.39. The number of nitrogens with one attached hydrogen (secondary N) is 1. The number of anilines is 1. The molecule has 0 amide bonds. The van der Waals surface area contributed by atoms with Gasteiger partial charge in [0.25, 0.3) is 12.0 Å². The van der Waals surface area contributed by atoms with Gasteiger partial charge in [-0.25, -0.2) is 19.7 Å². The molecule has 1 N–H and O–H groups in total. The number of nitrogens with zero attached hydrogens (tertiary/aromatic N) is 7. The molecule has 10 nitrogen and oxygen atoms in total. The Morgan fingerprint density at radius 1 is 1.13 bits per heavy atom. The van der Waals surface area contributed by atoms with E-state index in [1.165, 1.54) is 10.8 Å². The third-order valence-electron chi connectivity index (χ3n) is 4.99. The van der Waals surface area contributed by atoms with Gasteiger partial charge in [-0.15, -0.1) is 0 Å². The molecule has 0 saturated heterocycles. The highest BCUT2D eigenvalue weighted by atomic mass is 16.5. The van der Waals surface area contributed by atoms with E-state index in [-0.39, 0.29) is 5.69 Å². The molecule has 0 aliphatic carbocycles. The minimum atomic E-state index is -0.280. The normalized spacial score (nSPS) is 11.5. The summed E-state index contributed by atoms with van der Waals surface area (Å²) in [7, 11) is 7.66. The van der Waals surface area contributed by atoms with Crippen molar-refractivity contribution in [2.24, 2.45) is 0 Å². The smallest absolute Gasteiger partial charge is 0.425 e. The van der Waals surface area contributed by atoms with Crippen LogP contribution in [0.4, 0.5) is 5.82 Å². The molecular formula is C20H25N8O2+. The van der Waals surface area contributed by atoms with Gasteiger partial charge in [-0.2, -0.15) is 0 Å². The number of likely N-dealkylation sites (N-methyl/N-ethyl adjacent to an activating group) is 2. The van der Waals surface area contributed by atoms with Gasteiger partial charge in [-0.05, 0) is 36.3 Å². The molecule has 4 rings (SSSR count). The van der Waals surface area contributed by atoms with Crippen molar-refractivity contribution in [2.45, 2.75) is 6.54 Å². The summed E-state index contributed by atoms with van der Waals surface area (Å²) in [4.78, 5) is 29.6. The Hall–Kier alpha value is -3.53. The number of aromatic nitrogens is 6. The summed E-state index contributed by atoms with van der Waals surface area (Å²) in [5.74, 6) is 1.49. The van der Waals surface area contributed by atoms with E-state index < -0.39 is 0 Å². The third-order valence-corrected chi connectivity index (χ3v) is 4.99. The van der Waals surface area contributed by atoms with Crippen molar-refractivity contribution >= 4 is 22.6 Å². The standard InChI is InChI=1S/C20H24N8O2/c1-25(2)9-10-26(3)16-11-21-18-17(24-16)19-22-13-23-28(19)20(29)27(18)12-14-5-7-15(30-4)8-6-14/h5-8,11,13H,9-10,12H2,1-4H3/p+1. The van der Waals surface area contributed by atoms with Gasteiger partial charge in [0.05, 0.1) is 19.9 Å². The minimum Gasteiger partial charge on any atom is -0.497 e. The van der Waals surface area contributed by atoms with Crippen molar-refractivity contribution in [3.8, 4) is 5.75 Å². The molecule has 10 heteroatoms. The molecule has 0 spiro atoms. The molecule has 0 fully saturated rings. The molecule has 0 bridgehead atoms. The molecule has 0 atom stereocenters. The van der Waals surface area contributed by atoms with E-state index in [1.54, 1.807) is 17.9 Å². The number of methoxy groups -OCH3 is 1. The zero-order valence-electron chi connectivity index (χ0n) is 17.5. The molecule has 0 saturated carbocycles. The molecule has 1 aromatic carbocycles. The van der Waals surface area contributed by atoms with Crippen LogP contribution < -0.4 is 20.3 Å². The monoisotopic (exact) mass is 409 g/mol. The molecule has 3 heterocycles. The lowest BCUT2D eigenvalue weighted by Gasteiger charge is -2.20. The van der Waals surface area contributed by atoms with Crippen LogP contribution in [0.15, 0.2) is 41.6 Å². The van der Waals surface area contributed by atoms with Crippen LogP contribution in [0.2, 0.25) is 0 Å². The lowest BCUT2D eigenvalue weighted by molar-refractivity contribution is -0.345. The minimum absolute atomic E-state index is 0.280. The van der Waals surface area contributed by atoms with Crippen molar-refractivity contribution in [3.63, 3.8) is 0 Å². The predicted molar refractivity (Wildman–Crippen MR) is 113 cm³/mol. The highest BCUT2D eigenvalue weighted by Crippen LogP contribution is 2.18. The maximum Gasteiger partial charge on any atom is 0.425 e. The van der Waals surface area contributed by atoms with Gasteiger partial charge >= 0.3 is 5.69 Å². The third kappa shape index (κ3) is 3.69. The van der Waals surface area contributed by atoms with Gasteiger partial charge < -0.3 is 14.5 Å². The topological polar surface area (TPSA) is 94.9 Å². The molecule has 3 aromatic heterocycles. The van der Waals surface area contributed by atoms with Crippen molar-refractivity contribution in [3.05, 3.63) is 52.8 Å². The summed E-state index contributed by atoms with van der Waals surface area (Å²) in [6.45, 7) is 2.04. The number of ether oxygens (including phenoxy) is 1. The zero-order valence-corrected chi connectivity index (χ0v) is 17.5. The van der Waals surface area contributed by atoms with Crippen LogP contribution in [-0.2, 0) is 6.54 Å². The number of benzene rings is 1. The summed E-state index contributed by atoms with van der Waals surface area (Å²) < 4.78 is 8.12. The van der Waals surface area contributed by atoms with Crippen LogP contribution in [-0.4, -0.2) is 70.4 Å². The van der Waals surface area contributed by atoms with Gasteiger partial charge in [0.15, 0.2) is 11.2 Å². The Morgan fingerprint density at radius 3 is 2.60 bits per heavy atom. The molecule has 0 unspecified atom stereocenters. The first kappa shape index (κ1) is 19.8. The Morgan fingerprint density at radius 2 is 1.90 bits per heavy atom. The van der Waals surface area contributed by atoms with E-state index >= 15 is 0 Å². The highest BCUT2D eigenvalue weighted by Gasteiger charge is 2.21. The molecule has 4 aromatic rings. The summed E-state index contributed by atoms with van der Waals surface area (Å²) >= 11 is 0. The Balaban J connectivity index is 1.81. The molecular weight excluding hydrogens is 384 g/mol. The quantitative estimate of drug-likeness (QED) is 0.433. The predicted octanol–water partition coefficient (Wildman–Crippen LogP) is 0.308. The van der Waals surface area contributed by atoms with E-state index in [1.807, 2.05) is 50.3 Å². The lowest BCUT2D eigenvalue weighted by atomic mass is 10.2. The molecule has 0 radical (unpaired) electrons. The van der Waals surface area contributed by atoms with Gasteiger partial charge in [-0.3, -0.25) is 4.57 Å². The second-order valence-corrected chi connectivity index (χ2v) is 7.39. The number of aromatic amines is 1.